The smallest absolute Gasteiger partial charge is 0.236 e. The van der Waals surface area contributed by atoms with Crippen molar-refractivity contribution >= 4 is 5.91 Å². The van der Waals surface area contributed by atoms with Crippen molar-refractivity contribution in [2.45, 2.75) is 38.3 Å². The maximum atomic E-state index is 12.8. The van der Waals surface area contributed by atoms with Crippen LogP contribution in [0.5, 0.6) is 0 Å². The normalized spacial score (nSPS) is 22.4. The van der Waals surface area contributed by atoms with Gasteiger partial charge in [-0.05, 0) is 57.1 Å². The summed E-state index contributed by atoms with van der Waals surface area (Å²) in [6.07, 6.45) is 8.58. The molecular weight excluding hydrogens is 328 g/mol. The number of rotatable bonds is 6. The highest BCUT2D eigenvalue weighted by atomic mass is 16.5. The minimum atomic E-state index is 0.144. The molecule has 144 valence electrons. The number of nitrogens with zero attached hydrogens (tertiary/aromatic N) is 4. The van der Waals surface area contributed by atoms with Crippen molar-refractivity contribution in [1.29, 1.82) is 0 Å². The summed E-state index contributed by atoms with van der Waals surface area (Å²) >= 11 is 0. The van der Waals surface area contributed by atoms with E-state index in [1.807, 2.05) is 24.1 Å². The average molecular weight is 361 g/mol. The molecule has 6 heteroatoms. The van der Waals surface area contributed by atoms with Crippen molar-refractivity contribution in [2.75, 3.05) is 52.9 Å². The summed E-state index contributed by atoms with van der Waals surface area (Å²) in [5.74, 6) is 0.204. The highest BCUT2D eigenvalue weighted by molar-refractivity contribution is 5.78. The molecule has 1 aromatic heterocycles. The number of hydrogen-bond acceptors (Lipinski definition) is 5. The molecule has 2 saturated heterocycles. The van der Waals surface area contributed by atoms with E-state index in [0.717, 1.165) is 39.2 Å². The van der Waals surface area contributed by atoms with Gasteiger partial charge in [0, 0.05) is 45.2 Å². The second-order valence-corrected chi connectivity index (χ2v) is 7.58. The highest BCUT2D eigenvalue weighted by Gasteiger charge is 2.25. The molecule has 2 aliphatic rings. The lowest BCUT2D eigenvalue weighted by molar-refractivity contribution is -0.133. The fourth-order valence-electron chi connectivity index (χ4n) is 3.85. The molecule has 1 aromatic rings. The summed E-state index contributed by atoms with van der Waals surface area (Å²) in [7, 11) is 2.00. The van der Waals surface area contributed by atoms with Crippen LogP contribution in [0.15, 0.2) is 24.5 Å². The number of ether oxygens (including phenoxy) is 1. The molecule has 0 aromatic carbocycles. The first-order valence-corrected chi connectivity index (χ1v) is 9.90. The summed E-state index contributed by atoms with van der Waals surface area (Å²) in [5.41, 5.74) is 1.18. The Bertz CT molecular complexity index is 548. The number of likely N-dealkylation sites (tertiary alicyclic amines) is 1. The van der Waals surface area contributed by atoms with Gasteiger partial charge in [-0.2, -0.15) is 0 Å². The van der Waals surface area contributed by atoms with Crippen LogP contribution < -0.4 is 0 Å². The number of carbonyl (C=O) groups is 1. The number of amides is 1. The summed E-state index contributed by atoms with van der Waals surface area (Å²) in [5, 5.41) is 0. The number of hydrogen-bond donors (Lipinski definition) is 0. The van der Waals surface area contributed by atoms with Crippen LogP contribution >= 0.6 is 0 Å². The Morgan fingerprint density at radius 2 is 1.96 bits per heavy atom. The number of likely N-dealkylation sites (N-methyl/N-ethyl adjacent to an activating group) is 1. The molecule has 2 fully saturated rings. The molecule has 0 unspecified atom stereocenters. The second kappa shape index (κ2) is 10.00. The fourth-order valence-corrected chi connectivity index (χ4v) is 3.85. The molecule has 1 amide bonds. The van der Waals surface area contributed by atoms with Gasteiger partial charge in [-0.25, -0.2) is 0 Å². The summed E-state index contributed by atoms with van der Waals surface area (Å²) < 4.78 is 6.03. The molecule has 0 radical (unpaired) electrons. The SMILES string of the molecule is CN(CC(=O)N1CCCO[C@@H](CN2CCCCC2)C1)Cc1ccncc1. The first-order chi connectivity index (χ1) is 12.7. The Hall–Kier alpha value is -1.50. The van der Waals surface area contributed by atoms with Crippen LogP contribution in [0, 0.1) is 0 Å². The van der Waals surface area contributed by atoms with E-state index < -0.39 is 0 Å². The molecular formula is C20H32N4O2. The van der Waals surface area contributed by atoms with Gasteiger partial charge in [0.2, 0.25) is 5.91 Å². The largest absolute Gasteiger partial charge is 0.375 e. The predicted molar refractivity (Wildman–Crippen MR) is 102 cm³/mol. The Morgan fingerprint density at radius 3 is 2.73 bits per heavy atom. The van der Waals surface area contributed by atoms with Crippen LogP contribution in [-0.2, 0) is 16.1 Å². The van der Waals surface area contributed by atoms with E-state index in [1.165, 1.54) is 37.9 Å². The summed E-state index contributed by atoms with van der Waals surface area (Å²) in [6, 6.07) is 3.99. The standard InChI is InChI=1S/C20H32N4O2/c1-22(14-18-6-8-21-9-7-18)17-20(25)24-12-5-13-26-19(16-24)15-23-10-3-2-4-11-23/h6-9,19H,2-5,10-17H2,1H3/t19-/m0/s1. The lowest BCUT2D eigenvalue weighted by atomic mass is 10.1. The first-order valence-electron chi connectivity index (χ1n) is 9.90. The molecule has 0 saturated carbocycles. The van der Waals surface area contributed by atoms with Crippen LogP contribution in [0.2, 0.25) is 0 Å². The van der Waals surface area contributed by atoms with E-state index in [9.17, 15) is 4.79 Å². The third-order valence-electron chi connectivity index (χ3n) is 5.22. The minimum Gasteiger partial charge on any atom is -0.375 e. The fraction of sp³-hybridized carbons (Fsp3) is 0.700. The van der Waals surface area contributed by atoms with Gasteiger partial charge in [0.1, 0.15) is 0 Å². The minimum absolute atomic E-state index is 0.144. The Labute approximate surface area is 157 Å². The van der Waals surface area contributed by atoms with Crippen molar-refractivity contribution in [3.8, 4) is 0 Å². The predicted octanol–water partition coefficient (Wildman–Crippen LogP) is 1.62. The third kappa shape index (κ3) is 6.04. The molecule has 3 rings (SSSR count). The van der Waals surface area contributed by atoms with Crippen molar-refractivity contribution in [3.05, 3.63) is 30.1 Å². The first kappa shape index (κ1) is 19.3. The zero-order chi connectivity index (χ0) is 18.2. The molecule has 6 nitrogen and oxygen atoms in total. The van der Waals surface area contributed by atoms with Gasteiger partial charge in [-0.15, -0.1) is 0 Å². The lowest BCUT2D eigenvalue weighted by Gasteiger charge is -2.32. The average Bonchev–Trinajstić information content (AvgIpc) is 2.89. The number of aromatic nitrogens is 1. The van der Waals surface area contributed by atoms with Gasteiger partial charge < -0.3 is 14.5 Å². The van der Waals surface area contributed by atoms with E-state index in [2.05, 4.69) is 14.8 Å². The maximum absolute atomic E-state index is 12.8. The van der Waals surface area contributed by atoms with Crippen molar-refractivity contribution in [2.24, 2.45) is 0 Å². The molecule has 0 N–H and O–H groups in total. The zero-order valence-electron chi connectivity index (χ0n) is 16.0. The molecule has 1 atom stereocenters. The molecule has 3 heterocycles. The van der Waals surface area contributed by atoms with Crippen molar-refractivity contribution in [3.63, 3.8) is 0 Å². The van der Waals surface area contributed by atoms with E-state index in [0.29, 0.717) is 6.54 Å². The van der Waals surface area contributed by atoms with Gasteiger partial charge in [-0.3, -0.25) is 14.7 Å². The highest BCUT2D eigenvalue weighted by Crippen LogP contribution is 2.13. The summed E-state index contributed by atoms with van der Waals surface area (Å²) in [6.45, 7) is 6.78. The van der Waals surface area contributed by atoms with Gasteiger partial charge >= 0.3 is 0 Å². The monoisotopic (exact) mass is 360 g/mol. The molecule has 0 spiro atoms. The second-order valence-electron chi connectivity index (χ2n) is 7.58. The van der Waals surface area contributed by atoms with Crippen LogP contribution in [0.4, 0.5) is 0 Å². The van der Waals surface area contributed by atoms with Crippen molar-refractivity contribution in [1.82, 2.24) is 19.7 Å². The van der Waals surface area contributed by atoms with Gasteiger partial charge in [-0.1, -0.05) is 6.42 Å². The van der Waals surface area contributed by atoms with Crippen LogP contribution in [0.1, 0.15) is 31.2 Å². The van der Waals surface area contributed by atoms with Crippen LogP contribution in [-0.4, -0.2) is 84.6 Å². The Morgan fingerprint density at radius 1 is 1.19 bits per heavy atom. The molecule has 26 heavy (non-hydrogen) atoms. The Kier molecular flexibility index (Phi) is 7.41. The number of pyridine rings is 1. The quantitative estimate of drug-likeness (QED) is 0.772. The van der Waals surface area contributed by atoms with E-state index >= 15 is 0 Å². The zero-order valence-corrected chi connectivity index (χ0v) is 16.0. The molecule has 0 aliphatic carbocycles. The van der Waals surface area contributed by atoms with Crippen molar-refractivity contribution < 1.29 is 9.53 Å². The Balaban J connectivity index is 1.48. The summed E-state index contributed by atoms with van der Waals surface area (Å²) in [4.78, 5) is 23.4. The lowest BCUT2D eigenvalue weighted by Crippen LogP contribution is -2.46. The molecule has 2 aliphatic heterocycles. The third-order valence-corrected chi connectivity index (χ3v) is 5.22. The van der Waals surface area contributed by atoms with Gasteiger partial charge in [0.25, 0.3) is 0 Å². The van der Waals surface area contributed by atoms with Gasteiger partial charge in [0.05, 0.1) is 12.6 Å². The van der Waals surface area contributed by atoms with Crippen LogP contribution in [0.3, 0.4) is 0 Å². The van der Waals surface area contributed by atoms with E-state index in [-0.39, 0.29) is 12.0 Å². The molecule has 0 bridgehead atoms. The maximum Gasteiger partial charge on any atom is 0.236 e. The van der Waals surface area contributed by atoms with Crippen LogP contribution in [0.25, 0.3) is 0 Å². The number of piperidine rings is 1. The number of carbonyl (C=O) groups excluding carboxylic acids is 1. The van der Waals surface area contributed by atoms with E-state index in [4.69, 9.17) is 4.74 Å². The van der Waals surface area contributed by atoms with Gasteiger partial charge in [0.15, 0.2) is 0 Å². The van der Waals surface area contributed by atoms with E-state index in [1.54, 1.807) is 12.4 Å². The topological polar surface area (TPSA) is 48.9 Å².